The summed E-state index contributed by atoms with van der Waals surface area (Å²) < 4.78 is 0. The Morgan fingerprint density at radius 3 is 2.89 bits per heavy atom. The quantitative estimate of drug-likeness (QED) is 0.845. The van der Waals surface area contributed by atoms with Crippen LogP contribution in [0.5, 0.6) is 0 Å². The van der Waals surface area contributed by atoms with E-state index >= 15 is 0 Å². The van der Waals surface area contributed by atoms with E-state index in [4.69, 9.17) is 5.73 Å². The van der Waals surface area contributed by atoms with Crippen molar-refractivity contribution >= 4 is 17.4 Å². The summed E-state index contributed by atoms with van der Waals surface area (Å²) in [4.78, 5) is 4.00. The second-order valence-electron chi connectivity index (χ2n) is 5.38. The topological polar surface area (TPSA) is 29.3 Å². The number of rotatable bonds is 4. The number of piperidine rings is 1. The van der Waals surface area contributed by atoms with Gasteiger partial charge in [-0.3, -0.25) is 0 Å². The highest BCUT2D eigenvalue weighted by molar-refractivity contribution is 7.99. The smallest absolute Gasteiger partial charge is 0.0425 e. The molecule has 2 unspecified atom stereocenters. The van der Waals surface area contributed by atoms with Gasteiger partial charge in [-0.2, -0.15) is 0 Å². The van der Waals surface area contributed by atoms with Crippen LogP contribution in [0, 0.1) is 5.92 Å². The summed E-state index contributed by atoms with van der Waals surface area (Å²) in [6, 6.07) is 7.46. The van der Waals surface area contributed by atoms with Crippen molar-refractivity contribution in [3.63, 3.8) is 0 Å². The molecule has 3 heteroatoms. The van der Waals surface area contributed by atoms with Crippen molar-refractivity contribution in [2.24, 2.45) is 11.7 Å². The second-order valence-corrected chi connectivity index (χ2v) is 6.68. The zero-order chi connectivity index (χ0) is 12.5. The van der Waals surface area contributed by atoms with Crippen molar-refractivity contribution in [1.29, 1.82) is 0 Å². The van der Waals surface area contributed by atoms with E-state index in [-0.39, 0.29) is 0 Å². The maximum Gasteiger partial charge on any atom is 0.0425 e. The first-order valence-corrected chi connectivity index (χ1v) is 8.03. The van der Waals surface area contributed by atoms with Crippen LogP contribution in [0.1, 0.15) is 31.7 Å². The molecule has 0 amide bonds. The second kappa shape index (κ2) is 5.14. The van der Waals surface area contributed by atoms with Gasteiger partial charge >= 0.3 is 0 Å². The monoisotopic (exact) mass is 262 g/mol. The molecule has 1 aliphatic carbocycles. The molecule has 1 saturated carbocycles. The summed E-state index contributed by atoms with van der Waals surface area (Å²) in [6.45, 7) is 4.11. The lowest BCUT2D eigenvalue weighted by Gasteiger charge is -2.31. The molecule has 2 fully saturated rings. The minimum absolute atomic E-state index is 0.659. The zero-order valence-electron chi connectivity index (χ0n) is 11.1. The molecule has 18 heavy (non-hydrogen) atoms. The Morgan fingerprint density at radius 2 is 2.28 bits per heavy atom. The van der Waals surface area contributed by atoms with Crippen molar-refractivity contribution in [2.45, 2.75) is 43.7 Å². The van der Waals surface area contributed by atoms with E-state index in [0.29, 0.717) is 6.54 Å². The van der Waals surface area contributed by atoms with Crippen molar-refractivity contribution < 1.29 is 0 Å². The Balaban J connectivity index is 1.93. The fourth-order valence-corrected chi connectivity index (χ4v) is 4.39. The van der Waals surface area contributed by atoms with Gasteiger partial charge in [0.1, 0.15) is 0 Å². The maximum atomic E-state index is 6.01. The average molecular weight is 262 g/mol. The van der Waals surface area contributed by atoms with Crippen LogP contribution < -0.4 is 10.6 Å². The van der Waals surface area contributed by atoms with Gasteiger partial charge in [0.2, 0.25) is 0 Å². The maximum absolute atomic E-state index is 6.01. The number of anilines is 1. The van der Waals surface area contributed by atoms with Crippen molar-refractivity contribution in [3.8, 4) is 0 Å². The van der Waals surface area contributed by atoms with E-state index in [1.807, 2.05) is 11.8 Å². The minimum Gasteiger partial charge on any atom is -0.368 e. The number of nitrogens with zero attached hydrogens (tertiary/aromatic N) is 1. The van der Waals surface area contributed by atoms with Crippen molar-refractivity contribution in [3.05, 3.63) is 23.8 Å². The molecule has 1 aliphatic heterocycles. The minimum atomic E-state index is 0.659. The molecule has 2 bridgehead atoms. The number of benzene rings is 1. The van der Waals surface area contributed by atoms with Gasteiger partial charge < -0.3 is 10.6 Å². The van der Waals surface area contributed by atoms with Crippen LogP contribution >= 0.6 is 11.8 Å². The Kier molecular flexibility index (Phi) is 3.53. The third kappa shape index (κ3) is 2.04. The Hall–Kier alpha value is -0.670. The van der Waals surface area contributed by atoms with Gasteiger partial charge in [0.05, 0.1) is 0 Å². The summed E-state index contributed by atoms with van der Waals surface area (Å²) in [6.07, 6.45) is 4.21. The normalized spacial score (nSPS) is 26.0. The van der Waals surface area contributed by atoms with E-state index in [0.717, 1.165) is 17.7 Å². The number of nitrogens with two attached hydrogens (primary N) is 1. The first kappa shape index (κ1) is 12.4. The molecule has 0 spiro atoms. The standard InChI is InChI=1S/C15H22N2S/c1-2-18-15-5-3-4-14(13(15)9-16)17-10-11-6-7-12(17)8-11/h3-5,11-12H,2,6-10,16H2,1H3. The van der Waals surface area contributed by atoms with Crippen molar-refractivity contribution in [2.75, 3.05) is 17.2 Å². The molecule has 1 aromatic rings. The molecule has 1 saturated heterocycles. The SMILES string of the molecule is CCSc1cccc(N2CC3CCC2C3)c1CN. The van der Waals surface area contributed by atoms with Gasteiger partial charge in [-0.15, -0.1) is 11.8 Å². The van der Waals surface area contributed by atoms with E-state index in [1.165, 1.54) is 42.0 Å². The van der Waals surface area contributed by atoms with Gasteiger partial charge in [0.15, 0.2) is 0 Å². The number of thioether (sulfide) groups is 1. The molecular weight excluding hydrogens is 240 g/mol. The predicted octanol–water partition coefficient (Wildman–Crippen LogP) is 3.25. The summed E-state index contributed by atoms with van der Waals surface area (Å²) in [5.74, 6) is 2.05. The highest BCUT2D eigenvalue weighted by atomic mass is 32.2. The summed E-state index contributed by atoms with van der Waals surface area (Å²) >= 11 is 1.91. The van der Waals surface area contributed by atoms with Crippen LogP contribution in [-0.4, -0.2) is 18.3 Å². The van der Waals surface area contributed by atoms with E-state index in [2.05, 4.69) is 30.0 Å². The Labute approximate surface area is 114 Å². The first-order valence-electron chi connectivity index (χ1n) is 7.04. The first-order chi connectivity index (χ1) is 8.83. The van der Waals surface area contributed by atoms with Crippen LogP contribution in [0.25, 0.3) is 0 Å². The number of fused-ring (bicyclic) bond motifs is 2. The molecule has 3 rings (SSSR count). The molecule has 0 radical (unpaired) electrons. The average Bonchev–Trinajstić information content (AvgIpc) is 3.01. The molecular formula is C15H22N2S. The zero-order valence-corrected chi connectivity index (χ0v) is 11.9. The molecule has 1 aromatic carbocycles. The third-order valence-electron chi connectivity index (χ3n) is 4.33. The molecule has 2 N–H and O–H groups in total. The Morgan fingerprint density at radius 1 is 1.39 bits per heavy atom. The lowest BCUT2D eigenvalue weighted by atomic mass is 10.1. The van der Waals surface area contributed by atoms with E-state index < -0.39 is 0 Å². The molecule has 2 atom stereocenters. The van der Waals surface area contributed by atoms with Gasteiger partial charge in [-0.05, 0) is 43.1 Å². The van der Waals surface area contributed by atoms with Crippen LogP contribution in [0.4, 0.5) is 5.69 Å². The van der Waals surface area contributed by atoms with E-state index in [9.17, 15) is 0 Å². The summed E-state index contributed by atoms with van der Waals surface area (Å²) in [5, 5.41) is 0. The molecule has 98 valence electrons. The largest absolute Gasteiger partial charge is 0.368 e. The lowest BCUT2D eigenvalue weighted by Crippen LogP contribution is -2.33. The van der Waals surface area contributed by atoms with Gasteiger partial charge in [0.25, 0.3) is 0 Å². The van der Waals surface area contributed by atoms with Crippen LogP contribution in [0.3, 0.4) is 0 Å². The fraction of sp³-hybridized carbons (Fsp3) is 0.600. The van der Waals surface area contributed by atoms with E-state index in [1.54, 1.807) is 0 Å². The molecule has 1 heterocycles. The third-order valence-corrected chi connectivity index (χ3v) is 5.31. The highest BCUT2D eigenvalue weighted by Crippen LogP contribution is 2.42. The van der Waals surface area contributed by atoms with Gasteiger partial charge in [-0.1, -0.05) is 13.0 Å². The van der Waals surface area contributed by atoms with Gasteiger partial charge in [-0.25, -0.2) is 0 Å². The summed E-state index contributed by atoms with van der Waals surface area (Å²) in [5.41, 5.74) is 8.77. The molecule has 2 nitrogen and oxygen atoms in total. The highest BCUT2D eigenvalue weighted by Gasteiger charge is 2.38. The van der Waals surface area contributed by atoms with Crippen LogP contribution in [0.15, 0.2) is 23.1 Å². The van der Waals surface area contributed by atoms with Crippen molar-refractivity contribution in [1.82, 2.24) is 0 Å². The fourth-order valence-electron chi connectivity index (χ4n) is 3.54. The van der Waals surface area contributed by atoms with Gasteiger partial charge in [0, 0.05) is 35.3 Å². The van der Waals surface area contributed by atoms with Crippen LogP contribution in [0.2, 0.25) is 0 Å². The lowest BCUT2D eigenvalue weighted by molar-refractivity contribution is 0.552. The van der Waals surface area contributed by atoms with Crippen LogP contribution in [-0.2, 0) is 6.54 Å². The number of hydrogen-bond acceptors (Lipinski definition) is 3. The molecule has 2 aliphatic rings. The molecule has 0 aromatic heterocycles. The Bertz CT molecular complexity index is 433. The summed E-state index contributed by atoms with van der Waals surface area (Å²) in [7, 11) is 0. The number of hydrogen-bond donors (Lipinski definition) is 1. The predicted molar refractivity (Wildman–Crippen MR) is 79.2 cm³/mol.